The zero-order valence-electron chi connectivity index (χ0n) is 16.1. The lowest BCUT2D eigenvalue weighted by Gasteiger charge is -2.09. The van der Waals surface area contributed by atoms with E-state index in [1.807, 2.05) is 17.9 Å². The quantitative estimate of drug-likeness (QED) is 0.123. The Hall–Kier alpha value is -3.03. The van der Waals surface area contributed by atoms with Crippen LogP contribution < -0.4 is 21.6 Å². The summed E-state index contributed by atoms with van der Waals surface area (Å²) < 4.78 is 18.9. The predicted octanol–water partition coefficient (Wildman–Crippen LogP) is 1.40. The molecule has 0 fully saturated rings. The minimum absolute atomic E-state index is 0.0389. The van der Waals surface area contributed by atoms with Gasteiger partial charge in [-0.15, -0.1) is 0 Å². The average Bonchev–Trinajstić information content (AvgIpc) is 3.14. The first-order valence-corrected chi connectivity index (χ1v) is 9.48. The summed E-state index contributed by atoms with van der Waals surface area (Å²) in [6.45, 7) is 2.16. The summed E-state index contributed by atoms with van der Waals surface area (Å²) in [4.78, 5) is 31.4. The maximum atomic E-state index is 13.4. The van der Waals surface area contributed by atoms with Crippen molar-refractivity contribution < 1.29 is 28.5 Å². The van der Waals surface area contributed by atoms with E-state index in [0.717, 1.165) is 0 Å². The highest BCUT2D eigenvalue weighted by atomic mass is 79.9. The monoisotopic (exact) mass is 486 g/mol. The normalized spacial score (nSPS) is 11.2. The van der Waals surface area contributed by atoms with Crippen LogP contribution in [0.2, 0.25) is 0 Å². The number of nitrogens with zero attached hydrogens (tertiary/aromatic N) is 2. The highest BCUT2D eigenvalue weighted by molar-refractivity contribution is 9.10. The molecule has 2 aromatic rings. The summed E-state index contributed by atoms with van der Waals surface area (Å²) in [6, 6.07) is 4.08. The Morgan fingerprint density at radius 1 is 1.33 bits per heavy atom. The lowest BCUT2D eigenvalue weighted by atomic mass is 10.2. The molecule has 0 radical (unpaired) electrons. The van der Waals surface area contributed by atoms with Crippen molar-refractivity contribution in [3.63, 3.8) is 0 Å². The average molecular weight is 487 g/mol. The molecule has 1 aromatic heterocycles. The number of carbonyl (C=O) groups is 2. The van der Waals surface area contributed by atoms with Crippen LogP contribution in [0.25, 0.3) is 0 Å². The molecule has 0 saturated carbocycles. The van der Waals surface area contributed by atoms with Crippen LogP contribution in [0.5, 0.6) is 0 Å². The van der Waals surface area contributed by atoms with Gasteiger partial charge in [-0.25, -0.2) is 14.9 Å². The number of amidine groups is 1. The molecule has 0 aliphatic carbocycles. The lowest BCUT2D eigenvalue weighted by molar-refractivity contribution is -0.145. The van der Waals surface area contributed by atoms with E-state index in [1.54, 1.807) is 0 Å². The SMILES string of the molecule is CCc1onc(C(=Nc2ccc(F)c(Br)c2)NO)c1NCCNC(=O)C(=O)NOC. The molecular weight excluding hydrogens is 467 g/mol. The third-order valence-electron chi connectivity index (χ3n) is 3.67. The molecule has 5 N–H and O–H groups in total. The van der Waals surface area contributed by atoms with Gasteiger partial charge in [0.2, 0.25) is 0 Å². The van der Waals surface area contributed by atoms with Crippen molar-refractivity contribution >= 4 is 45.0 Å². The second kappa shape index (κ2) is 11.2. The van der Waals surface area contributed by atoms with Crippen LogP contribution in [0.15, 0.2) is 32.2 Å². The van der Waals surface area contributed by atoms with Gasteiger partial charge < -0.3 is 15.2 Å². The number of carbonyl (C=O) groups excluding carboxylic acids is 2. The molecule has 2 amide bonds. The summed E-state index contributed by atoms with van der Waals surface area (Å²) in [5, 5.41) is 18.9. The van der Waals surface area contributed by atoms with E-state index in [4.69, 9.17) is 4.52 Å². The van der Waals surface area contributed by atoms with Gasteiger partial charge in [0.1, 0.15) is 11.5 Å². The lowest BCUT2D eigenvalue weighted by Crippen LogP contribution is -2.41. The number of aromatic nitrogens is 1. The van der Waals surface area contributed by atoms with Crippen LogP contribution in [0.1, 0.15) is 18.4 Å². The smallest absolute Gasteiger partial charge is 0.332 e. The van der Waals surface area contributed by atoms with Gasteiger partial charge in [0.15, 0.2) is 17.3 Å². The van der Waals surface area contributed by atoms with Crippen molar-refractivity contribution in [2.45, 2.75) is 13.3 Å². The number of hydrogen-bond donors (Lipinski definition) is 5. The van der Waals surface area contributed by atoms with Crippen molar-refractivity contribution in [1.82, 2.24) is 21.4 Å². The zero-order chi connectivity index (χ0) is 22.1. The number of anilines is 1. The summed E-state index contributed by atoms with van der Waals surface area (Å²) in [5.74, 6) is -1.80. The molecule has 2 rings (SSSR count). The number of hydrogen-bond acceptors (Lipinski definition) is 8. The largest absolute Gasteiger partial charge is 0.378 e. The molecule has 13 heteroatoms. The summed E-state index contributed by atoms with van der Waals surface area (Å²) in [6.07, 6.45) is 0.485. The van der Waals surface area contributed by atoms with Crippen molar-refractivity contribution in [3.8, 4) is 0 Å². The fraction of sp³-hybridized carbons (Fsp3) is 0.294. The fourth-order valence-corrected chi connectivity index (χ4v) is 2.67. The van der Waals surface area contributed by atoms with E-state index < -0.39 is 17.6 Å². The first kappa shape index (κ1) is 23.3. The second-order valence-corrected chi connectivity index (χ2v) is 6.53. The van der Waals surface area contributed by atoms with Crippen LogP contribution in [0, 0.1) is 5.82 Å². The number of amides is 2. The van der Waals surface area contributed by atoms with Crippen LogP contribution >= 0.6 is 15.9 Å². The van der Waals surface area contributed by atoms with E-state index in [1.165, 1.54) is 25.3 Å². The molecule has 0 unspecified atom stereocenters. The molecule has 0 spiro atoms. The minimum atomic E-state index is -0.929. The number of rotatable bonds is 8. The van der Waals surface area contributed by atoms with Crippen LogP contribution in [-0.2, 0) is 20.8 Å². The van der Waals surface area contributed by atoms with E-state index in [2.05, 4.69) is 41.6 Å². The van der Waals surface area contributed by atoms with Gasteiger partial charge in [-0.1, -0.05) is 12.1 Å². The molecule has 0 atom stereocenters. The van der Waals surface area contributed by atoms with Crippen LogP contribution in [0.4, 0.5) is 15.8 Å². The number of nitrogens with one attached hydrogen (secondary N) is 4. The van der Waals surface area contributed by atoms with Crippen LogP contribution in [-0.4, -0.2) is 48.2 Å². The maximum Gasteiger partial charge on any atom is 0.332 e. The maximum absolute atomic E-state index is 13.4. The van der Waals surface area contributed by atoms with Crippen molar-refractivity contribution in [3.05, 3.63) is 39.9 Å². The third-order valence-corrected chi connectivity index (χ3v) is 4.28. The Labute approximate surface area is 179 Å². The number of benzene rings is 1. The standard InChI is InChI=1S/C17H20BrFN6O5/c1-3-12-13(20-6-7-21-16(26)17(27)25-29-2)14(24-30-12)15(23-28)22-9-4-5-11(19)10(18)8-9/h4-5,8,20,28H,3,6-7H2,1-2H3,(H,21,26)(H,22,23)(H,25,27). The molecule has 162 valence electrons. The summed E-state index contributed by atoms with van der Waals surface area (Å²) in [5.41, 5.74) is 4.83. The Morgan fingerprint density at radius 3 is 2.73 bits per heavy atom. The first-order chi connectivity index (χ1) is 14.4. The summed E-state index contributed by atoms with van der Waals surface area (Å²) in [7, 11) is 1.21. The molecule has 1 heterocycles. The Kier molecular flexibility index (Phi) is 8.70. The highest BCUT2D eigenvalue weighted by Crippen LogP contribution is 2.25. The van der Waals surface area contributed by atoms with E-state index in [0.29, 0.717) is 23.6 Å². The summed E-state index contributed by atoms with van der Waals surface area (Å²) >= 11 is 3.07. The van der Waals surface area contributed by atoms with Crippen LogP contribution in [0.3, 0.4) is 0 Å². The predicted molar refractivity (Wildman–Crippen MR) is 108 cm³/mol. The van der Waals surface area contributed by atoms with E-state index >= 15 is 0 Å². The Balaban J connectivity index is 2.14. The minimum Gasteiger partial charge on any atom is -0.378 e. The highest BCUT2D eigenvalue weighted by Gasteiger charge is 2.20. The van der Waals surface area contributed by atoms with Crippen molar-refractivity contribution in [1.29, 1.82) is 0 Å². The van der Waals surface area contributed by atoms with Crippen molar-refractivity contribution in [2.24, 2.45) is 4.99 Å². The molecule has 0 aliphatic rings. The number of aryl methyl sites for hydroxylation is 1. The Bertz CT molecular complexity index is 935. The Morgan fingerprint density at radius 2 is 2.10 bits per heavy atom. The van der Waals surface area contributed by atoms with E-state index in [9.17, 15) is 19.2 Å². The molecular formula is C17H20BrFN6O5. The molecule has 0 bridgehead atoms. The number of halogens is 2. The topological polar surface area (TPSA) is 150 Å². The van der Waals surface area contributed by atoms with E-state index in [-0.39, 0.29) is 29.1 Å². The van der Waals surface area contributed by atoms with Gasteiger partial charge in [0.05, 0.1) is 17.3 Å². The van der Waals surface area contributed by atoms with Crippen molar-refractivity contribution in [2.75, 3.05) is 25.5 Å². The van der Waals surface area contributed by atoms with Gasteiger partial charge in [0.25, 0.3) is 0 Å². The number of hydroxylamine groups is 2. The molecule has 30 heavy (non-hydrogen) atoms. The zero-order valence-corrected chi connectivity index (χ0v) is 17.7. The fourth-order valence-electron chi connectivity index (χ4n) is 2.31. The van der Waals surface area contributed by atoms with Gasteiger partial charge in [-0.05, 0) is 34.1 Å². The van der Waals surface area contributed by atoms with Gasteiger partial charge in [-0.2, -0.15) is 0 Å². The third kappa shape index (κ3) is 5.98. The second-order valence-electron chi connectivity index (χ2n) is 5.67. The van der Waals surface area contributed by atoms with Gasteiger partial charge in [0, 0.05) is 19.5 Å². The molecule has 1 aromatic carbocycles. The first-order valence-electron chi connectivity index (χ1n) is 8.69. The molecule has 0 saturated heterocycles. The van der Waals surface area contributed by atoms with Gasteiger partial charge >= 0.3 is 11.8 Å². The van der Waals surface area contributed by atoms with Gasteiger partial charge in [-0.3, -0.25) is 25.1 Å². The number of aliphatic imine (C=N–C) groups is 1. The molecule has 11 nitrogen and oxygen atoms in total. The molecule has 0 aliphatic heterocycles.